The highest BCUT2D eigenvalue weighted by atomic mass is 19.1. The molecule has 6 heteroatoms. The fourth-order valence-corrected chi connectivity index (χ4v) is 3.85. The number of hydrogen-bond acceptors (Lipinski definition) is 4. The summed E-state index contributed by atoms with van der Waals surface area (Å²) in [5, 5.41) is 13.5. The molecule has 1 fully saturated rings. The van der Waals surface area contributed by atoms with Crippen LogP contribution in [0.2, 0.25) is 0 Å². The molecule has 0 aliphatic carbocycles. The van der Waals surface area contributed by atoms with E-state index in [4.69, 9.17) is 4.74 Å². The van der Waals surface area contributed by atoms with E-state index in [-0.39, 0.29) is 18.2 Å². The monoisotopic (exact) mass is 384 g/mol. The van der Waals surface area contributed by atoms with Gasteiger partial charge in [0.15, 0.2) is 0 Å². The van der Waals surface area contributed by atoms with E-state index in [2.05, 4.69) is 41.4 Å². The number of nitrogens with one attached hydrogen (secondary N) is 1. The molecule has 0 atom stereocenters. The van der Waals surface area contributed by atoms with Crippen molar-refractivity contribution in [1.29, 1.82) is 0 Å². The summed E-state index contributed by atoms with van der Waals surface area (Å²) in [4.78, 5) is 13.8. The van der Waals surface area contributed by atoms with Crippen LogP contribution in [0.1, 0.15) is 30.4 Å². The number of nitrogens with zero attached hydrogens (tertiary/aromatic N) is 1. The SMILES string of the molecule is Cc1ccc(N2CCC(O)(COc3ccc(F)c4c3CCC(=O)N4)CC2)cc1. The molecule has 0 unspecified atom stereocenters. The van der Waals surface area contributed by atoms with Gasteiger partial charge < -0.3 is 20.1 Å². The van der Waals surface area contributed by atoms with Crippen molar-refractivity contribution in [2.75, 3.05) is 29.9 Å². The lowest BCUT2D eigenvalue weighted by molar-refractivity contribution is -0.116. The van der Waals surface area contributed by atoms with Gasteiger partial charge in [0, 0.05) is 30.8 Å². The Kier molecular flexibility index (Phi) is 4.98. The Morgan fingerprint density at radius 1 is 1.14 bits per heavy atom. The van der Waals surface area contributed by atoms with Crippen LogP contribution in [0.25, 0.3) is 0 Å². The standard InChI is InChI=1S/C22H25FN2O3/c1-15-2-4-16(5-3-15)25-12-10-22(27,11-13-25)14-28-19-8-7-18(23)21-17(19)6-9-20(26)24-21/h2-5,7-8,27H,6,9-14H2,1H3,(H,24,26). The summed E-state index contributed by atoms with van der Waals surface area (Å²) >= 11 is 0. The van der Waals surface area contributed by atoms with Crippen molar-refractivity contribution in [3.8, 4) is 5.75 Å². The van der Waals surface area contributed by atoms with Crippen LogP contribution in [0, 0.1) is 12.7 Å². The van der Waals surface area contributed by atoms with E-state index in [9.17, 15) is 14.3 Å². The minimum atomic E-state index is -0.916. The summed E-state index contributed by atoms with van der Waals surface area (Å²) in [6.07, 6.45) is 1.94. The average Bonchev–Trinajstić information content (AvgIpc) is 2.69. The number of ether oxygens (including phenoxy) is 1. The van der Waals surface area contributed by atoms with Crippen molar-refractivity contribution >= 4 is 17.3 Å². The van der Waals surface area contributed by atoms with Crippen LogP contribution in [0.15, 0.2) is 36.4 Å². The minimum Gasteiger partial charge on any atom is -0.490 e. The van der Waals surface area contributed by atoms with E-state index in [1.165, 1.54) is 11.6 Å². The molecule has 0 bridgehead atoms. The molecule has 4 rings (SSSR count). The first-order valence-corrected chi connectivity index (χ1v) is 9.72. The maximum absolute atomic E-state index is 14.0. The van der Waals surface area contributed by atoms with Crippen molar-refractivity contribution in [2.24, 2.45) is 0 Å². The predicted molar refractivity (Wildman–Crippen MR) is 106 cm³/mol. The number of carbonyl (C=O) groups is 1. The summed E-state index contributed by atoms with van der Waals surface area (Å²) in [5.74, 6) is -0.114. The van der Waals surface area contributed by atoms with Gasteiger partial charge in [-0.05, 0) is 50.5 Å². The lowest BCUT2D eigenvalue weighted by atomic mass is 9.92. The van der Waals surface area contributed by atoms with Crippen LogP contribution in [0.4, 0.5) is 15.8 Å². The average molecular weight is 384 g/mol. The number of piperidine rings is 1. The number of rotatable bonds is 4. The molecule has 0 aromatic heterocycles. The quantitative estimate of drug-likeness (QED) is 0.848. The summed E-state index contributed by atoms with van der Waals surface area (Å²) < 4.78 is 19.9. The van der Waals surface area contributed by atoms with E-state index in [0.29, 0.717) is 37.0 Å². The Labute approximate surface area is 164 Å². The van der Waals surface area contributed by atoms with Gasteiger partial charge in [0.25, 0.3) is 0 Å². The lowest BCUT2D eigenvalue weighted by Crippen LogP contribution is -2.48. The normalized spacial score (nSPS) is 18.4. The number of fused-ring (bicyclic) bond motifs is 1. The topological polar surface area (TPSA) is 61.8 Å². The highest BCUT2D eigenvalue weighted by Crippen LogP contribution is 2.35. The highest BCUT2D eigenvalue weighted by molar-refractivity contribution is 5.94. The molecule has 28 heavy (non-hydrogen) atoms. The van der Waals surface area contributed by atoms with Crippen molar-refractivity contribution < 1.29 is 19.0 Å². The second kappa shape index (κ2) is 7.43. The Morgan fingerprint density at radius 3 is 2.57 bits per heavy atom. The molecule has 5 nitrogen and oxygen atoms in total. The summed E-state index contributed by atoms with van der Waals surface area (Å²) in [7, 11) is 0. The largest absolute Gasteiger partial charge is 0.490 e. The fraction of sp³-hybridized carbons (Fsp3) is 0.409. The number of carbonyl (C=O) groups excluding carboxylic acids is 1. The highest BCUT2D eigenvalue weighted by Gasteiger charge is 2.34. The molecule has 0 spiro atoms. The number of anilines is 2. The Bertz CT molecular complexity index is 874. The van der Waals surface area contributed by atoms with E-state index in [0.717, 1.165) is 18.8 Å². The van der Waals surface area contributed by atoms with Crippen LogP contribution in [0.5, 0.6) is 5.75 Å². The zero-order valence-corrected chi connectivity index (χ0v) is 16.0. The lowest BCUT2D eigenvalue weighted by Gasteiger charge is -2.39. The maximum Gasteiger partial charge on any atom is 0.224 e. The van der Waals surface area contributed by atoms with Crippen LogP contribution in [-0.2, 0) is 11.2 Å². The molecule has 0 saturated carbocycles. The number of aryl methyl sites for hydroxylation is 1. The number of amides is 1. The van der Waals surface area contributed by atoms with Gasteiger partial charge >= 0.3 is 0 Å². The van der Waals surface area contributed by atoms with Gasteiger partial charge in [-0.15, -0.1) is 0 Å². The Hall–Kier alpha value is -2.60. The van der Waals surface area contributed by atoms with Crippen molar-refractivity contribution in [3.63, 3.8) is 0 Å². The third kappa shape index (κ3) is 3.83. The second-order valence-corrected chi connectivity index (χ2v) is 7.78. The molecule has 2 N–H and O–H groups in total. The van der Waals surface area contributed by atoms with E-state index >= 15 is 0 Å². The van der Waals surface area contributed by atoms with Crippen molar-refractivity contribution in [1.82, 2.24) is 0 Å². The minimum absolute atomic E-state index is 0.154. The molecular formula is C22H25FN2O3. The van der Waals surface area contributed by atoms with Gasteiger partial charge in [-0.25, -0.2) is 4.39 Å². The van der Waals surface area contributed by atoms with Gasteiger partial charge in [-0.2, -0.15) is 0 Å². The van der Waals surface area contributed by atoms with Crippen LogP contribution >= 0.6 is 0 Å². The number of hydrogen-bond donors (Lipinski definition) is 2. The van der Waals surface area contributed by atoms with Crippen LogP contribution in [-0.4, -0.2) is 36.3 Å². The Balaban J connectivity index is 1.40. The summed E-state index contributed by atoms with van der Waals surface area (Å²) in [6, 6.07) is 11.3. The first-order valence-electron chi connectivity index (χ1n) is 9.72. The van der Waals surface area contributed by atoms with Gasteiger partial charge in [-0.1, -0.05) is 17.7 Å². The van der Waals surface area contributed by atoms with E-state index in [1.807, 2.05) is 0 Å². The van der Waals surface area contributed by atoms with Crippen molar-refractivity contribution in [3.05, 3.63) is 53.3 Å². The number of benzene rings is 2. The number of halogens is 1. The third-order valence-corrected chi connectivity index (χ3v) is 5.68. The molecule has 2 aromatic carbocycles. The van der Waals surface area contributed by atoms with E-state index < -0.39 is 11.4 Å². The molecule has 0 radical (unpaired) electrons. The molecular weight excluding hydrogens is 359 g/mol. The zero-order chi connectivity index (χ0) is 19.7. The molecule has 1 amide bonds. The molecule has 2 aromatic rings. The molecule has 2 aliphatic heterocycles. The smallest absolute Gasteiger partial charge is 0.224 e. The molecule has 2 aliphatic rings. The predicted octanol–water partition coefficient (Wildman–Crippen LogP) is 3.43. The number of aliphatic hydroxyl groups is 1. The summed E-state index contributed by atoms with van der Waals surface area (Å²) in [6.45, 7) is 3.72. The van der Waals surface area contributed by atoms with Gasteiger partial charge in [0.1, 0.15) is 23.8 Å². The van der Waals surface area contributed by atoms with Crippen LogP contribution in [0.3, 0.4) is 0 Å². The second-order valence-electron chi connectivity index (χ2n) is 7.78. The van der Waals surface area contributed by atoms with Gasteiger partial charge in [-0.3, -0.25) is 4.79 Å². The molecule has 2 heterocycles. The Morgan fingerprint density at radius 2 is 1.86 bits per heavy atom. The zero-order valence-electron chi connectivity index (χ0n) is 16.0. The van der Waals surface area contributed by atoms with Gasteiger partial charge in [0.05, 0.1) is 5.69 Å². The first kappa shape index (κ1) is 18.7. The molecule has 1 saturated heterocycles. The first-order chi connectivity index (χ1) is 13.4. The van der Waals surface area contributed by atoms with Crippen LogP contribution < -0.4 is 15.0 Å². The summed E-state index contributed by atoms with van der Waals surface area (Å²) in [5.41, 5.74) is 2.34. The maximum atomic E-state index is 14.0. The molecule has 148 valence electrons. The van der Waals surface area contributed by atoms with Gasteiger partial charge in [0.2, 0.25) is 5.91 Å². The van der Waals surface area contributed by atoms with Crippen molar-refractivity contribution in [2.45, 2.75) is 38.2 Å². The van der Waals surface area contributed by atoms with E-state index in [1.54, 1.807) is 6.07 Å². The fourth-order valence-electron chi connectivity index (χ4n) is 3.85. The third-order valence-electron chi connectivity index (χ3n) is 5.68.